The number of sulfonamides is 1. The third-order valence-corrected chi connectivity index (χ3v) is 6.99. The fourth-order valence-corrected chi connectivity index (χ4v) is 4.76. The molecule has 1 N–H and O–H groups in total. The maximum absolute atomic E-state index is 13.1. The number of carbonyl (C=O) groups excluding carboxylic acids is 1. The Bertz CT molecular complexity index is 1030. The number of rotatable bonds is 8. The zero-order valence-corrected chi connectivity index (χ0v) is 16.5. The second-order valence-corrected chi connectivity index (χ2v) is 9.37. The van der Waals surface area contributed by atoms with Crippen LogP contribution in [0.15, 0.2) is 53.4 Å². The van der Waals surface area contributed by atoms with E-state index in [2.05, 4.69) is 5.32 Å². The number of benzene rings is 2. The molecular weight excluding hydrogens is 394 g/mol. The molecule has 152 valence electrons. The van der Waals surface area contributed by atoms with Gasteiger partial charge in [0.05, 0.1) is 9.82 Å². The maximum atomic E-state index is 13.1. The summed E-state index contributed by atoms with van der Waals surface area (Å²) in [4.78, 5) is 22.4. The Kier molecular flexibility index (Phi) is 5.10. The first-order chi connectivity index (χ1) is 13.8. The number of amides is 1. The summed E-state index contributed by atoms with van der Waals surface area (Å²) in [5, 5.41) is 13.7. The number of carbonyl (C=O) groups is 1. The van der Waals surface area contributed by atoms with Crippen molar-refractivity contribution in [1.29, 1.82) is 0 Å². The predicted octanol–water partition coefficient (Wildman–Crippen LogP) is 2.84. The van der Waals surface area contributed by atoms with E-state index in [4.69, 9.17) is 0 Å². The fourth-order valence-electron chi connectivity index (χ4n) is 3.09. The number of nitro benzene ring substituents is 1. The molecule has 0 spiro atoms. The molecule has 2 aliphatic rings. The summed E-state index contributed by atoms with van der Waals surface area (Å²) in [6, 6.07) is 12.1. The molecule has 2 aliphatic carbocycles. The van der Waals surface area contributed by atoms with Gasteiger partial charge in [-0.2, -0.15) is 4.31 Å². The smallest absolute Gasteiger partial charge is 0.269 e. The monoisotopic (exact) mass is 415 g/mol. The third kappa shape index (κ3) is 4.46. The lowest BCUT2D eigenvalue weighted by Crippen LogP contribution is -2.32. The van der Waals surface area contributed by atoms with Crippen molar-refractivity contribution < 1.29 is 18.1 Å². The summed E-state index contributed by atoms with van der Waals surface area (Å²) in [6.45, 7) is 0.189. The molecule has 4 rings (SSSR count). The first-order valence-corrected chi connectivity index (χ1v) is 10.9. The number of hydrogen-bond donors (Lipinski definition) is 1. The Hall–Kier alpha value is -2.78. The van der Waals surface area contributed by atoms with Crippen LogP contribution in [0.4, 0.5) is 5.69 Å². The largest absolute Gasteiger partial charge is 0.349 e. The molecule has 0 aromatic heterocycles. The average Bonchev–Trinajstić information content (AvgIpc) is 3.61. The molecule has 1 amide bonds. The molecule has 0 bridgehead atoms. The van der Waals surface area contributed by atoms with Gasteiger partial charge in [-0.1, -0.05) is 12.1 Å². The topological polar surface area (TPSA) is 110 Å². The van der Waals surface area contributed by atoms with Crippen molar-refractivity contribution in [2.24, 2.45) is 0 Å². The van der Waals surface area contributed by atoms with Gasteiger partial charge in [0, 0.05) is 36.3 Å². The van der Waals surface area contributed by atoms with E-state index in [9.17, 15) is 23.3 Å². The summed E-state index contributed by atoms with van der Waals surface area (Å²) < 4.78 is 27.6. The fraction of sp³-hybridized carbons (Fsp3) is 0.350. The van der Waals surface area contributed by atoms with Gasteiger partial charge in [0.15, 0.2) is 0 Å². The Morgan fingerprint density at radius 2 is 1.66 bits per heavy atom. The highest BCUT2D eigenvalue weighted by atomic mass is 32.2. The van der Waals surface area contributed by atoms with Gasteiger partial charge in [0.25, 0.3) is 11.6 Å². The van der Waals surface area contributed by atoms with E-state index < -0.39 is 14.9 Å². The van der Waals surface area contributed by atoms with Crippen LogP contribution in [0.5, 0.6) is 0 Å². The van der Waals surface area contributed by atoms with E-state index in [0.717, 1.165) is 31.2 Å². The first-order valence-electron chi connectivity index (χ1n) is 9.51. The standard InChI is InChI=1S/C20H21N3O5S/c24-20(21-16-5-6-16)15-3-1-14(2-4-15)13-22(17-7-8-17)29(27,28)19-11-9-18(10-12-19)23(25)26/h1-4,9-12,16-17H,5-8,13H2,(H,21,24). The molecule has 0 radical (unpaired) electrons. The quantitative estimate of drug-likeness (QED) is 0.527. The highest BCUT2D eigenvalue weighted by molar-refractivity contribution is 7.89. The van der Waals surface area contributed by atoms with Gasteiger partial charge >= 0.3 is 0 Å². The van der Waals surface area contributed by atoms with Crippen molar-refractivity contribution >= 4 is 21.6 Å². The van der Waals surface area contributed by atoms with E-state index in [1.807, 2.05) is 0 Å². The van der Waals surface area contributed by atoms with Crippen LogP contribution < -0.4 is 5.32 Å². The Balaban J connectivity index is 1.51. The van der Waals surface area contributed by atoms with Gasteiger partial charge < -0.3 is 5.32 Å². The average molecular weight is 415 g/mol. The normalized spacial score (nSPS) is 16.6. The van der Waals surface area contributed by atoms with Gasteiger partial charge in [0.2, 0.25) is 10.0 Å². The highest BCUT2D eigenvalue weighted by Gasteiger charge is 2.38. The van der Waals surface area contributed by atoms with Crippen LogP contribution in [0, 0.1) is 10.1 Å². The van der Waals surface area contributed by atoms with Crippen LogP contribution in [0.3, 0.4) is 0 Å². The van der Waals surface area contributed by atoms with E-state index >= 15 is 0 Å². The molecule has 2 saturated carbocycles. The molecule has 0 atom stereocenters. The molecule has 0 aliphatic heterocycles. The Morgan fingerprint density at radius 1 is 1.03 bits per heavy atom. The highest BCUT2D eigenvalue weighted by Crippen LogP contribution is 2.34. The zero-order valence-electron chi connectivity index (χ0n) is 15.7. The minimum absolute atomic E-state index is 0.0374. The van der Waals surface area contributed by atoms with Gasteiger partial charge in [-0.15, -0.1) is 0 Å². The molecule has 2 fully saturated rings. The van der Waals surface area contributed by atoms with Gasteiger partial charge in [0.1, 0.15) is 0 Å². The molecule has 8 nitrogen and oxygen atoms in total. The summed E-state index contributed by atoms with van der Waals surface area (Å²) in [7, 11) is -3.78. The molecule has 29 heavy (non-hydrogen) atoms. The SMILES string of the molecule is O=C(NC1CC1)c1ccc(CN(C2CC2)S(=O)(=O)c2ccc([N+](=O)[O-])cc2)cc1. The van der Waals surface area contributed by atoms with Crippen LogP contribution in [0.1, 0.15) is 41.6 Å². The number of non-ortho nitro benzene ring substituents is 1. The van der Waals surface area contributed by atoms with Crippen molar-refractivity contribution in [1.82, 2.24) is 9.62 Å². The summed E-state index contributed by atoms with van der Waals surface area (Å²) in [5.41, 5.74) is 1.18. The van der Waals surface area contributed by atoms with Gasteiger partial charge in [-0.05, 0) is 55.5 Å². The van der Waals surface area contributed by atoms with E-state index in [1.165, 1.54) is 28.6 Å². The molecule has 0 saturated heterocycles. The van der Waals surface area contributed by atoms with E-state index in [0.29, 0.717) is 5.56 Å². The van der Waals surface area contributed by atoms with Crippen LogP contribution in [-0.4, -0.2) is 35.6 Å². The minimum atomic E-state index is -3.78. The number of nitro groups is 1. The van der Waals surface area contributed by atoms with Crippen LogP contribution in [-0.2, 0) is 16.6 Å². The van der Waals surface area contributed by atoms with Crippen molar-refractivity contribution in [3.05, 3.63) is 69.8 Å². The number of nitrogens with zero attached hydrogens (tertiary/aromatic N) is 2. The third-order valence-electron chi connectivity index (χ3n) is 5.08. The lowest BCUT2D eigenvalue weighted by Gasteiger charge is -2.22. The first kappa shape index (κ1) is 19.5. The Morgan fingerprint density at radius 3 is 2.17 bits per heavy atom. The van der Waals surface area contributed by atoms with Crippen molar-refractivity contribution in [3.8, 4) is 0 Å². The molecule has 0 heterocycles. The van der Waals surface area contributed by atoms with Crippen molar-refractivity contribution in [2.45, 2.75) is 49.2 Å². The van der Waals surface area contributed by atoms with Gasteiger partial charge in [-0.25, -0.2) is 8.42 Å². The summed E-state index contributed by atoms with van der Waals surface area (Å²) >= 11 is 0. The second-order valence-electron chi connectivity index (χ2n) is 7.48. The Labute approximate surface area is 168 Å². The maximum Gasteiger partial charge on any atom is 0.269 e. The second kappa shape index (κ2) is 7.57. The minimum Gasteiger partial charge on any atom is -0.349 e. The van der Waals surface area contributed by atoms with E-state index in [-0.39, 0.29) is 35.1 Å². The molecule has 2 aromatic carbocycles. The molecule has 0 unspecified atom stereocenters. The van der Waals surface area contributed by atoms with Crippen molar-refractivity contribution in [3.63, 3.8) is 0 Å². The van der Waals surface area contributed by atoms with Crippen LogP contribution in [0.2, 0.25) is 0 Å². The lowest BCUT2D eigenvalue weighted by atomic mass is 10.1. The summed E-state index contributed by atoms with van der Waals surface area (Å²) in [6.07, 6.45) is 3.60. The summed E-state index contributed by atoms with van der Waals surface area (Å²) in [5.74, 6) is -0.114. The molecular formula is C20H21N3O5S. The zero-order chi connectivity index (χ0) is 20.6. The van der Waals surface area contributed by atoms with Crippen LogP contribution in [0.25, 0.3) is 0 Å². The lowest BCUT2D eigenvalue weighted by molar-refractivity contribution is -0.384. The van der Waals surface area contributed by atoms with Gasteiger partial charge in [-0.3, -0.25) is 14.9 Å². The molecule has 9 heteroatoms. The number of hydrogen-bond acceptors (Lipinski definition) is 5. The number of nitrogens with one attached hydrogen (secondary N) is 1. The molecule has 2 aromatic rings. The predicted molar refractivity (Wildman–Crippen MR) is 106 cm³/mol. The van der Waals surface area contributed by atoms with Crippen molar-refractivity contribution in [2.75, 3.05) is 0 Å². The van der Waals surface area contributed by atoms with Crippen LogP contribution >= 0.6 is 0 Å². The van der Waals surface area contributed by atoms with E-state index in [1.54, 1.807) is 24.3 Å².